The Labute approximate surface area is 158 Å². The number of nitrogens with zero attached hydrogens (tertiary/aromatic N) is 1. The predicted octanol–water partition coefficient (Wildman–Crippen LogP) is 2.82. The fourth-order valence-corrected chi connectivity index (χ4v) is 3.22. The van der Waals surface area contributed by atoms with Gasteiger partial charge in [0, 0.05) is 12.8 Å². The molecule has 0 radical (unpaired) electrons. The lowest BCUT2D eigenvalue weighted by atomic mass is 10.2. The lowest BCUT2D eigenvalue weighted by Crippen LogP contribution is -2.30. The van der Waals surface area contributed by atoms with E-state index in [0.717, 1.165) is 17.6 Å². The molecule has 2 aromatic rings. The molecule has 0 spiro atoms. The second-order valence-corrected chi connectivity index (χ2v) is 8.41. The zero-order valence-corrected chi connectivity index (χ0v) is 16.4. The van der Waals surface area contributed by atoms with Crippen LogP contribution in [0.4, 0.5) is 5.69 Å². The summed E-state index contributed by atoms with van der Waals surface area (Å²) in [4.78, 5) is 14.2. The average Bonchev–Trinajstić information content (AvgIpc) is 2.55. The molecule has 0 atom stereocenters. The SMILES string of the molecule is COc1cccc(CN(C)CC(=O)Nc2cc(S(C)(=O)=O)ccc2Cl)c1. The number of hydrogen-bond acceptors (Lipinski definition) is 5. The normalized spacial score (nSPS) is 11.4. The summed E-state index contributed by atoms with van der Waals surface area (Å²) in [5.41, 5.74) is 1.28. The Morgan fingerprint density at radius 2 is 1.96 bits per heavy atom. The van der Waals surface area contributed by atoms with Crippen molar-refractivity contribution in [1.82, 2.24) is 4.90 Å². The standard InChI is InChI=1S/C18H21ClN2O4S/c1-21(11-13-5-4-6-14(9-13)25-2)12-18(22)20-17-10-15(26(3,23)24)7-8-16(17)19/h4-10H,11-12H2,1-3H3,(H,20,22). The Bertz CT molecular complexity index is 900. The average molecular weight is 397 g/mol. The largest absolute Gasteiger partial charge is 0.497 e. The number of carbonyl (C=O) groups is 1. The molecule has 0 saturated heterocycles. The lowest BCUT2D eigenvalue weighted by molar-refractivity contribution is -0.117. The van der Waals surface area contributed by atoms with Crippen molar-refractivity contribution in [3.05, 3.63) is 53.1 Å². The highest BCUT2D eigenvalue weighted by Crippen LogP contribution is 2.25. The van der Waals surface area contributed by atoms with Gasteiger partial charge in [-0.1, -0.05) is 23.7 Å². The molecule has 0 aliphatic heterocycles. The van der Waals surface area contributed by atoms with Crippen LogP contribution in [0.2, 0.25) is 5.02 Å². The highest BCUT2D eigenvalue weighted by atomic mass is 35.5. The molecule has 0 bridgehead atoms. The van der Waals surface area contributed by atoms with Crippen LogP contribution in [-0.4, -0.2) is 46.2 Å². The van der Waals surface area contributed by atoms with Gasteiger partial charge in [0.2, 0.25) is 5.91 Å². The number of anilines is 1. The van der Waals surface area contributed by atoms with Crippen LogP contribution in [0.5, 0.6) is 5.75 Å². The van der Waals surface area contributed by atoms with Crippen molar-refractivity contribution in [2.24, 2.45) is 0 Å². The molecule has 0 fully saturated rings. The number of sulfone groups is 1. The van der Waals surface area contributed by atoms with Crippen LogP contribution in [-0.2, 0) is 21.2 Å². The highest BCUT2D eigenvalue weighted by molar-refractivity contribution is 7.90. The van der Waals surface area contributed by atoms with Gasteiger partial charge >= 0.3 is 0 Å². The lowest BCUT2D eigenvalue weighted by Gasteiger charge is -2.17. The van der Waals surface area contributed by atoms with Crippen molar-refractivity contribution < 1.29 is 17.9 Å². The van der Waals surface area contributed by atoms with E-state index in [1.807, 2.05) is 36.2 Å². The van der Waals surface area contributed by atoms with E-state index in [1.54, 1.807) is 7.11 Å². The van der Waals surface area contributed by atoms with Gasteiger partial charge in [0.1, 0.15) is 5.75 Å². The summed E-state index contributed by atoms with van der Waals surface area (Å²) < 4.78 is 28.5. The number of halogens is 1. The Balaban J connectivity index is 2.02. The minimum Gasteiger partial charge on any atom is -0.497 e. The minimum absolute atomic E-state index is 0.0990. The molecule has 0 saturated carbocycles. The third-order valence-electron chi connectivity index (χ3n) is 3.64. The number of ether oxygens (including phenoxy) is 1. The number of rotatable bonds is 7. The van der Waals surface area contributed by atoms with Gasteiger partial charge in [-0.2, -0.15) is 0 Å². The van der Waals surface area contributed by atoms with Crippen molar-refractivity contribution in [3.63, 3.8) is 0 Å². The zero-order chi connectivity index (χ0) is 19.3. The van der Waals surface area contributed by atoms with E-state index >= 15 is 0 Å². The first-order chi connectivity index (χ1) is 12.2. The number of amides is 1. The van der Waals surface area contributed by atoms with Crippen molar-refractivity contribution in [2.75, 3.05) is 32.3 Å². The van der Waals surface area contributed by atoms with Crippen LogP contribution in [0.3, 0.4) is 0 Å². The van der Waals surface area contributed by atoms with Gasteiger partial charge in [0.25, 0.3) is 0 Å². The number of likely N-dealkylation sites (N-methyl/N-ethyl adjacent to an activating group) is 1. The van der Waals surface area contributed by atoms with Gasteiger partial charge < -0.3 is 10.1 Å². The summed E-state index contributed by atoms with van der Waals surface area (Å²) in [6, 6.07) is 11.8. The molecule has 140 valence electrons. The number of nitrogens with one attached hydrogen (secondary N) is 1. The quantitative estimate of drug-likeness (QED) is 0.778. The summed E-state index contributed by atoms with van der Waals surface area (Å²) in [6.07, 6.45) is 1.10. The fraction of sp³-hybridized carbons (Fsp3) is 0.278. The molecule has 0 unspecified atom stereocenters. The maximum atomic E-state index is 12.3. The Morgan fingerprint density at radius 1 is 1.23 bits per heavy atom. The molecule has 1 amide bonds. The number of hydrogen-bond donors (Lipinski definition) is 1. The van der Waals surface area contributed by atoms with Crippen LogP contribution < -0.4 is 10.1 Å². The molecular formula is C18H21ClN2O4S. The zero-order valence-electron chi connectivity index (χ0n) is 14.8. The maximum absolute atomic E-state index is 12.3. The molecule has 6 nitrogen and oxygen atoms in total. The molecular weight excluding hydrogens is 376 g/mol. The van der Waals surface area contributed by atoms with Crippen LogP contribution in [0, 0.1) is 0 Å². The minimum atomic E-state index is -3.38. The molecule has 0 aliphatic rings. The summed E-state index contributed by atoms with van der Waals surface area (Å²) in [6.45, 7) is 0.679. The molecule has 26 heavy (non-hydrogen) atoms. The number of carbonyl (C=O) groups excluding carboxylic acids is 1. The van der Waals surface area contributed by atoms with Crippen molar-refractivity contribution in [2.45, 2.75) is 11.4 Å². The van der Waals surface area contributed by atoms with Gasteiger partial charge in [-0.15, -0.1) is 0 Å². The van der Waals surface area contributed by atoms with E-state index in [2.05, 4.69) is 5.32 Å². The molecule has 2 rings (SSSR count). The third-order valence-corrected chi connectivity index (χ3v) is 5.08. The second kappa shape index (κ2) is 8.53. The van der Waals surface area contributed by atoms with E-state index < -0.39 is 9.84 Å². The summed E-state index contributed by atoms with van der Waals surface area (Å²) in [7, 11) is 0.0344. The van der Waals surface area contributed by atoms with E-state index in [4.69, 9.17) is 16.3 Å². The molecule has 0 aliphatic carbocycles. The summed E-state index contributed by atoms with van der Waals surface area (Å²) in [5.74, 6) is 0.465. The van der Waals surface area contributed by atoms with E-state index in [-0.39, 0.29) is 28.1 Å². The van der Waals surface area contributed by atoms with Gasteiger partial charge in [-0.25, -0.2) is 8.42 Å². The summed E-state index contributed by atoms with van der Waals surface area (Å²) >= 11 is 6.05. The monoisotopic (exact) mass is 396 g/mol. The van der Waals surface area contributed by atoms with Gasteiger partial charge in [0.15, 0.2) is 9.84 Å². The Morgan fingerprint density at radius 3 is 2.62 bits per heavy atom. The first-order valence-electron chi connectivity index (χ1n) is 7.80. The van der Waals surface area contributed by atoms with Crippen molar-refractivity contribution in [3.8, 4) is 5.75 Å². The highest BCUT2D eigenvalue weighted by Gasteiger charge is 2.13. The van der Waals surface area contributed by atoms with Crippen molar-refractivity contribution >= 4 is 33.0 Å². The number of benzene rings is 2. The Kier molecular flexibility index (Phi) is 6.63. The van der Waals surface area contributed by atoms with Gasteiger partial charge in [0.05, 0.1) is 29.3 Å². The molecule has 0 heterocycles. The second-order valence-electron chi connectivity index (χ2n) is 5.99. The summed E-state index contributed by atoms with van der Waals surface area (Å²) in [5, 5.41) is 2.94. The first kappa shape index (κ1) is 20.2. The Hall–Kier alpha value is -2.09. The predicted molar refractivity (Wildman–Crippen MR) is 103 cm³/mol. The topological polar surface area (TPSA) is 75.7 Å². The van der Waals surface area contributed by atoms with E-state index in [1.165, 1.54) is 18.2 Å². The number of methoxy groups -OCH3 is 1. The van der Waals surface area contributed by atoms with Gasteiger partial charge in [-0.3, -0.25) is 9.69 Å². The van der Waals surface area contributed by atoms with Crippen LogP contribution in [0.25, 0.3) is 0 Å². The molecule has 0 aromatic heterocycles. The molecule has 8 heteroatoms. The maximum Gasteiger partial charge on any atom is 0.238 e. The fourth-order valence-electron chi connectivity index (χ4n) is 2.40. The van der Waals surface area contributed by atoms with Crippen LogP contribution in [0.1, 0.15) is 5.56 Å². The van der Waals surface area contributed by atoms with Crippen LogP contribution in [0.15, 0.2) is 47.4 Å². The van der Waals surface area contributed by atoms with E-state index in [9.17, 15) is 13.2 Å². The third kappa shape index (κ3) is 5.72. The smallest absolute Gasteiger partial charge is 0.238 e. The first-order valence-corrected chi connectivity index (χ1v) is 10.1. The molecule has 2 aromatic carbocycles. The van der Waals surface area contributed by atoms with Crippen LogP contribution >= 0.6 is 11.6 Å². The van der Waals surface area contributed by atoms with E-state index in [0.29, 0.717) is 6.54 Å². The van der Waals surface area contributed by atoms with Gasteiger partial charge in [-0.05, 0) is 42.9 Å². The van der Waals surface area contributed by atoms with Crippen molar-refractivity contribution in [1.29, 1.82) is 0 Å². The molecule has 1 N–H and O–H groups in total.